The lowest BCUT2D eigenvalue weighted by atomic mass is 9.91. The summed E-state index contributed by atoms with van der Waals surface area (Å²) in [7, 11) is 0. The first-order chi connectivity index (χ1) is 16.2. The van der Waals surface area contributed by atoms with E-state index in [1.807, 2.05) is 30.3 Å². The van der Waals surface area contributed by atoms with Gasteiger partial charge in [0.1, 0.15) is 11.6 Å². The lowest BCUT2D eigenvalue weighted by Crippen LogP contribution is -2.43. The summed E-state index contributed by atoms with van der Waals surface area (Å²) in [6, 6.07) is 10.6. The second-order valence-electron chi connectivity index (χ2n) is 10.8. The average molecular weight is 475 g/mol. The number of aliphatic carboxylic acids is 1. The maximum Gasteiger partial charge on any atom is 0.408 e. The molecule has 0 aromatic heterocycles. The predicted octanol–water partition coefficient (Wildman–Crippen LogP) is 6.23. The SMILES string of the molecule is C1CCC(NC2CCCCC2)CC1.CC(C)(C)OC(=O)NC(CCCc1ccccc1)C(=O)O. The molecule has 192 valence electrons. The Labute approximate surface area is 206 Å². The van der Waals surface area contributed by atoms with Crippen molar-refractivity contribution in [2.45, 2.75) is 128 Å². The van der Waals surface area contributed by atoms with E-state index < -0.39 is 23.7 Å². The van der Waals surface area contributed by atoms with Crippen LogP contribution in [0.5, 0.6) is 0 Å². The molecule has 2 aliphatic carbocycles. The first-order valence-corrected chi connectivity index (χ1v) is 13.3. The van der Waals surface area contributed by atoms with Gasteiger partial charge in [0, 0.05) is 12.1 Å². The highest BCUT2D eigenvalue weighted by atomic mass is 16.6. The number of carboxylic acids is 1. The highest BCUT2D eigenvalue weighted by Gasteiger charge is 2.23. The van der Waals surface area contributed by atoms with Gasteiger partial charge in [0.05, 0.1) is 0 Å². The van der Waals surface area contributed by atoms with Gasteiger partial charge >= 0.3 is 12.1 Å². The number of hydrogen-bond donors (Lipinski definition) is 3. The maximum atomic E-state index is 11.6. The molecule has 1 aromatic rings. The second-order valence-corrected chi connectivity index (χ2v) is 10.8. The lowest BCUT2D eigenvalue weighted by Gasteiger charge is -2.30. The van der Waals surface area contributed by atoms with Crippen LogP contribution in [0.25, 0.3) is 0 Å². The van der Waals surface area contributed by atoms with Crippen molar-refractivity contribution in [3.8, 4) is 0 Å². The molecule has 2 aliphatic rings. The topological polar surface area (TPSA) is 87.7 Å². The molecule has 6 heteroatoms. The summed E-state index contributed by atoms with van der Waals surface area (Å²) in [5.41, 5.74) is 0.510. The number of nitrogens with one attached hydrogen (secondary N) is 2. The molecule has 6 nitrogen and oxygen atoms in total. The van der Waals surface area contributed by atoms with Crippen molar-refractivity contribution in [3.63, 3.8) is 0 Å². The largest absolute Gasteiger partial charge is 0.480 e. The zero-order valence-electron chi connectivity index (χ0n) is 21.5. The van der Waals surface area contributed by atoms with Crippen LogP contribution in [0.3, 0.4) is 0 Å². The van der Waals surface area contributed by atoms with Gasteiger partial charge in [-0.1, -0.05) is 68.9 Å². The van der Waals surface area contributed by atoms with Crippen molar-refractivity contribution in [2.24, 2.45) is 0 Å². The molecule has 1 atom stereocenters. The minimum absolute atomic E-state index is 0.365. The normalized spacial score (nSPS) is 18.3. The lowest BCUT2D eigenvalue weighted by molar-refractivity contribution is -0.139. The molecule has 0 saturated heterocycles. The quantitative estimate of drug-likeness (QED) is 0.416. The van der Waals surface area contributed by atoms with E-state index in [0.29, 0.717) is 12.8 Å². The summed E-state index contributed by atoms with van der Waals surface area (Å²) < 4.78 is 5.07. The molecule has 34 heavy (non-hydrogen) atoms. The van der Waals surface area contributed by atoms with E-state index in [1.165, 1.54) is 64.2 Å². The number of rotatable bonds is 8. The number of benzene rings is 1. The Morgan fingerprint density at radius 2 is 1.47 bits per heavy atom. The van der Waals surface area contributed by atoms with E-state index in [-0.39, 0.29) is 0 Å². The number of aryl methyl sites for hydroxylation is 1. The number of carbonyl (C=O) groups excluding carboxylic acids is 1. The number of carbonyl (C=O) groups is 2. The first-order valence-electron chi connectivity index (χ1n) is 13.3. The minimum Gasteiger partial charge on any atom is -0.480 e. The van der Waals surface area contributed by atoms with Crippen molar-refractivity contribution in [1.29, 1.82) is 0 Å². The van der Waals surface area contributed by atoms with Gasteiger partial charge in [-0.2, -0.15) is 0 Å². The van der Waals surface area contributed by atoms with Gasteiger partial charge in [-0.05, 0) is 71.3 Å². The zero-order chi connectivity index (χ0) is 24.8. The maximum absolute atomic E-state index is 11.6. The summed E-state index contributed by atoms with van der Waals surface area (Å²) in [6.07, 6.45) is 15.7. The third-order valence-electron chi connectivity index (χ3n) is 6.47. The summed E-state index contributed by atoms with van der Waals surface area (Å²) in [6.45, 7) is 5.20. The van der Waals surface area contributed by atoms with Crippen LogP contribution >= 0.6 is 0 Å². The van der Waals surface area contributed by atoms with Crippen molar-refractivity contribution in [3.05, 3.63) is 35.9 Å². The summed E-state index contributed by atoms with van der Waals surface area (Å²) >= 11 is 0. The number of carboxylic acid groups (broad SMARTS) is 1. The van der Waals surface area contributed by atoms with E-state index in [2.05, 4.69) is 10.6 Å². The molecule has 0 radical (unpaired) electrons. The molecule has 0 spiro atoms. The third-order valence-corrected chi connectivity index (χ3v) is 6.47. The van der Waals surface area contributed by atoms with Crippen LogP contribution in [0.4, 0.5) is 4.79 Å². The van der Waals surface area contributed by atoms with Gasteiger partial charge in [0.2, 0.25) is 0 Å². The molecule has 3 rings (SSSR count). The van der Waals surface area contributed by atoms with E-state index in [0.717, 1.165) is 24.1 Å². The summed E-state index contributed by atoms with van der Waals surface area (Å²) in [5.74, 6) is -1.05. The Kier molecular flexibility index (Phi) is 12.4. The van der Waals surface area contributed by atoms with Crippen LogP contribution in [-0.4, -0.2) is 40.9 Å². The monoisotopic (exact) mass is 474 g/mol. The molecule has 1 amide bonds. The minimum atomic E-state index is -1.05. The summed E-state index contributed by atoms with van der Waals surface area (Å²) in [4.78, 5) is 22.8. The predicted molar refractivity (Wildman–Crippen MR) is 137 cm³/mol. The smallest absolute Gasteiger partial charge is 0.408 e. The molecule has 0 heterocycles. The molecule has 0 aliphatic heterocycles. The van der Waals surface area contributed by atoms with Crippen molar-refractivity contribution in [2.75, 3.05) is 0 Å². The fraction of sp³-hybridized carbons (Fsp3) is 0.714. The molecule has 3 N–H and O–H groups in total. The molecular weight excluding hydrogens is 428 g/mol. The number of alkyl carbamates (subject to hydrolysis) is 1. The fourth-order valence-electron chi connectivity index (χ4n) is 4.73. The van der Waals surface area contributed by atoms with Crippen LogP contribution in [-0.2, 0) is 16.0 Å². The van der Waals surface area contributed by atoms with Crippen LogP contribution in [0.2, 0.25) is 0 Å². The van der Waals surface area contributed by atoms with Crippen LogP contribution in [0.1, 0.15) is 103 Å². The van der Waals surface area contributed by atoms with Crippen LogP contribution in [0, 0.1) is 0 Å². The Morgan fingerprint density at radius 3 is 1.94 bits per heavy atom. The molecule has 2 fully saturated rings. The number of hydrogen-bond acceptors (Lipinski definition) is 4. The second kappa shape index (κ2) is 15.0. The van der Waals surface area contributed by atoms with Gasteiger partial charge in [0.15, 0.2) is 0 Å². The van der Waals surface area contributed by atoms with E-state index in [9.17, 15) is 9.59 Å². The number of amides is 1. The van der Waals surface area contributed by atoms with Crippen LogP contribution < -0.4 is 10.6 Å². The van der Waals surface area contributed by atoms with Gasteiger partial charge in [-0.25, -0.2) is 9.59 Å². The van der Waals surface area contributed by atoms with E-state index in [1.54, 1.807) is 20.8 Å². The van der Waals surface area contributed by atoms with Crippen molar-refractivity contribution >= 4 is 12.1 Å². The van der Waals surface area contributed by atoms with Gasteiger partial charge in [-0.15, -0.1) is 0 Å². The average Bonchev–Trinajstić information content (AvgIpc) is 2.80. The molecule has 2 saturated carbocycles. The van der Waals surface area contributed by atoms with Crippen molar-refractivity contribution < 1.29 is 19.4 Å². The highest BCUT2D eigenvalue weighted by molar-refractivity contribution is 5.79. The first kappa shape index (κ1) is 28.2. The highest BCUT2D eigenvalue weighted by Crippen LogP contribution is 2.22. The Balaban J connectivity index is 0.000000266. The fourth-order valence-corrected chi connectivity index (χ4v) is 4.73. The summed E-state index contributed by atoms with van der Waals surface area (Å²) in [5, 5.41) is 15.4. The Morgan fingerprint density at radius 1 is 0.941 bits per heavy atom. The molecule has 1 aromatic carbocycles. The van der Waals surface area contributed by atoms with Gasteiger partial charge < -0.3 is 20.5 Å². The molecular formula is C28H46N2O4. The Hall–Kier alpha value is -2.08. The van der Waals surface area contributed by atoms with Crippen molar-refractivity contribution in [1.82, 2.24) is 10.6 Å². The van der Waals surface area contributed by atoms with E-state index in [4.69, 9.17) is 9.84 Å². The van der Waals surface area contributed by atoms with Gasteiger partial charge in [0.25, 0.3) is 0 Å². The van der Waals surface area contributed by atoms with Gasteiger partial charge in [-0.3, -0.25) is 0 Å². The van der Waals surface area contributed by atoms with E-state index >= 15 is 0 Å². The third kappa shape index (κ3) is 12.4. The number of ether oxygens (including phenoxy) is 1. The molecule has 1 unspecified atom stereocenters. The standard InChI is InChI=1S/C16H23NO4.C12H23N/c1-16(2,3)21-15(20)17-13(14(18)19)11-7-10-12-8-5-4-6-9-12;1-3-7-11(8-4-1)13-12-9-5-2-6-10-12/h4-6,8-9,13H,7,10-11H2,1-3H3,(H,17,20)(H,18,19);11-13H,1-10H2. The molecule has 0 bridgehead atoms. The zero-order valence-corrected chi connectivity index (χ0v) is 21.5. The van der Waals surface area contributed by atoms with Crippen LogP contribution in [0.15, 0.2) is 30.3 Å². The Bertz CT molecular complexity index is 689.